The molecule has 0 amide bonds. The molecule has 0 saturated heterocycles. The highest BCUT2D eigenvalue weighted by molar-refractivity contribution is 5.91. The van der Waals surface area contributed by atoms with E-state index in [-0.39, 0.29) is 11.5 Å². The highest BCUT2D eigenvalue weighted by Gasteiger charge is 2.12. The van der Waals surface area contributed by atoms with E-state index in [0.29, 0.717) is 12.2 Å². The van der Waals surface area contributed by atoms with Crippen molar-refractivity contribution >= 4 is 5.97 Å². The van der Waals surface area contributed by atoms with Crippen molar-refractivity contribution in [3.05, 3.63) is 90.1 Å². The summed E-state index contributed by atoms with van der Waals surface area (Å²) in [6, 6.07) is 19.7. The van der Waals surface area contributed by atoms with E-state index in [2.05, 4.69) is 19.1 Å². The highest BCUT2D eigenvalue weighted by atomic mass is 19.1. The zero-order valence-electron chi connectivity index (χ0n) is 20.9. The van der Waals surface area contributed by atoms with Gasteiger partial charge in [0.2, 0.25) is 0 Å². The van der Waals surface area contributed by atoms with Crippen LogP contribution in [0.3, 0.4) is 0 Å². The Balaban J connectivity index is 1.45. The standard InChI is InChI=1S/C31H36FO3/c1-3-5-6-7-8-9-10-11-22-34-30-21-20-28(23-29(30)32)35-31(33)27-18-16-26(17-19-27)25-14-12-24(4-2)13-15-25/h4,12-21,23H,3,5-11,22H2,1-2H3. The Kier molecular flexibility index (Phi) is 10.8. The van der Waals surface area contributed by atoms with Crippen LogP contribution < -0.4 is 9.47 Å². The second-order valence-electron chi connectivity index (χ2n) is 8.79. The molecule has 3 rings (SSSR count). The molecule has 1 radical (unpaired) electrons. The Morgan fingerprint density at radius 3 is 2.00 bits per heavy atom. The van der Waals surface area contributed by atoms with Gasteiger partial charge in [0, 0.05) is 6.07 Å². The van der Waals surface area contributed by atoms with Crippen molar-refractivity contribution in [3.8, 4) is 22.6 Å². The lowest BCUT2D eigenvalue weighted by Gasteiger charge is -2.10. The molecule has 4 heteroatoms. The fourth-order valence-corrected chi connectivity index (χ4v) is 3.91. The quantitative estimate of drug-likeness (QED) is 0.133. The third-order valence-corrected chi connectivity index (χ3v) is 6.07. The van der Waals surface area contributed by atoms with Crippen LogP contribution in [0.4, 0.5) is 4.39 Å². The minimum atomic E-state index is -0.530. The molecule has 0 aliphatic carbocycles. The molecular formula is C31H36FO3. The molecule has 0 saturated carbocycles. The fourth-order valence-electron chi connectivity index (χ4n) is 3.91. The topological polar surface area (TPSA) is 35.5 Å². The van der Waals surface area contributed by atoms with Crippen LogP contribution in [0, 0.1) is 12.2 Å². The van der Waals surface area contributed by atoms with Crippen LogP contribution in [0.1, 0.15) is 81.1 Å². The van der Waals surface area contributed by atoms with Crippen LogP contribution in [0.25, 0.3) is 11.1 Å². The average Bonchev–Trinajstić information content (AvgIpc) is 2.89. The molecule has 0 fully saturated rings. The van der Waals surface area contributed by atoms with Crippen molar-refractivity contribution in [2.45, 2.75) is 65.2 Å². The predicted molar refractivity (Wildman–Crippen MR) is 140 cm³/mol. The van der Waals surface area contributed by atoms with Gasteiger partial charge in [-0.05, 0) is 53.8 Å². The zero-order chi connectivity index (χ0) is 24.9. The van der Waals surface area contributed by atoms with Gasteiger partial charge in [-0.3, -0.25) is 0 Å². The number of carbonyl (C=O) groups is 1. The normalized spacial score (nSPS) is 10.8. The Labute approximate surface area is 209 Å². The molecular weight excluding hydrogens is 439 g/mol. The third-order valence-electron chi connectivity index (χ3n) is 6.07. The van der Waals surface area contributed by atoms with Gasteiger partial charge in [0.25, 0.3) is 0 Å². The number of hydrogen-bond donors (Lipinski definition) is 0. The van der Waals surface area contributed by atoms with Gasteiger partial charge in [-0.1, -0.05) is 95.2 Å². The van der Waals surface area contributed by atoms with Crippen molar-refractivity contribution in [1.82, 2.24) is 0 Å². The van der Waals surface area contributed by atoms with Gasteiger partial charge in [0.05, 0.1) is 12.2 Å². The fraction of sp³-hybridized carbons (Fsp3) is 0.355. The molecule has 0 aliphatic heterocycles. The summed E-state index contributed by atoms with van der Waals surface area (Å²) in [4.78, 5) is 12.5. The molecule has 0 heterocycles. The highest BCUT2D eigenvalue weighted by Crippen LogP contribution is 2.25. The first-order valence-corrected chi connectivity index (χ1v) is 12.7. The molecule has 0 aromatic heterocycles. The molecule has 3 aromatic carbocycles. The van der Waals surface area contributed by atoms with Gasteiger partial charge in [0.15, 0.2) is 11.6 Å². The van der Waals surface area contributed by atoms with E-state index < -0.39 is 11.8 Å². The Morgan fingerprint density at radius 1 is 0.800 bits per heavy atom. The molecule has 35 heavy (non-hydrogen) atoms. The van der Waals surface area contributed by atoms with E-state index in [9.17, 15) is 9.18 Å². The summed E-state index contributed by atoms with van der Waals surface area (Å²) in [7, 11) is 0. The van der Waals surface area contributed by atoms with E-state index >= 15 is 0 Å². The summed E-state index contributed by atoms with van der Waals surface area (Å²) in [5, 5.41) is 0. The van der Waals surface area contributed by atoms with Crippen LogP contribution in [0.5, 0.6) is 11.5 Å². The molecule has 0 aliphatic rings. The van der Waals surface area contributed by atoms with Gasteiger partial charge in [0.1, 0.15) is 5.75 Å². The Hall–Kier alpha value is -3.14. The number of halogens is 1. The van der Waals surface area contributed by atoms with E-state index in [4.69, 9.17) is 9.47 Å². The lowest BCUT2D eigenvalue weighted by molar-refractivity contribution is 0.0734. The number of rotatable bonds is 14. The van der Waals surface area contributed by atoms with Gasteiger partial charge >= 0.3 is 5.97 Å². The maximum atomic E-state index is 14.4. The number of esters is 1. The molecule has 0 spiro atoms. The van der Waals surface area contributed by atoms with Crippen LogP contribution in [0.2, 0.25) is 0 Å². The first-order chi connectivity index (χ1) is 17.1. The number of hydrogen-bond acceptors (Lipinski definition) is 3. The number of carbonyl (C=O) groups excluding carboxylic acids is 1. The summed E-state index contributed by atoms with van der Waals surface area (Å²) in [6.45, 7) is 4.70. The second kappa shape index (κ2) is 14.3. The SMILES string of the molecule is C[CH]c1ccc(-c2ccc(C(=O)Oc3ccc(OCCCCCCCCCC)c(F)c3)cc2)cc1. The average molecular weight is 476 g/mol. The first-order valence-electron chi connectivity index (χ1n) is 12.7. The summed E-state index contributed by atoms with van der Waals surface area (Å²) in [5.41, 5.74) is 3.64. The molecule has 0 unspecified atom stereocenters. The number of ether oxygens (including phenoxy) is 2. The van der Waals surface area contributed by atoms with Crippen LogP contribution in [-0.2, 0) is 0 Å². The molecule has 0 atom stereocenters. The van der Waals surface area contributed by atoms with Crippen LogP contribution in [0.15, 0.2) is 66.7 Å². The van der Waals surface area contributed by atoms with Gasteiger partial charge < -0.3 is 9.47 Å². The molecule has 0 bridgehead atoms. The lowest BCUT2D eigenvalue weighted by atomic mass is 10.0. The largest absolute Gasteiger partial charge is 0.491 e. The number of unbranched alkanes of at least 4 members (excludes halogenated alkanes) is 7. The minimum Gasteiger partial charge on any atom is -0.491 e. The van der Waals surface area contributed by atoms with Crippen molar-refractivity contribution < 1.29 is 18.7 Å². The predicted octanol–water partition coefficient (Wildman–Crippen LogP) is 8.80. The van der Waals surface area contributed by atoms with Crippen molar-refractivity contribution in [2.75, 3.05) is 6.61 Å². The zero-order valence-corrected chi connectivity index (χ0v) is 20.9. The van der Waals surface area contributed by atoms with Crippen LogP contribution in [-0.4, -0.2) is 12.6 Å². The van der Waals surface area contributed by atoms with Gasteiger partial charge in [-0.25, -0.2) is 9.18 Å². The number of benzene rings is 3. The minimum absolute atomic E-state index is 0.155. The summed E-state index contributed by atoms with van der Waals surface area (Å²) < 4.78 is 25.4. The van der Waals surface area contributed by atoms with E-state index in [1.54, 1.807) is 18.2 Å². The van der Waals surface area contributed by atoms with E-state index in [1.165, 1.54) is 50.7 Å². The van der Waals surface area contributed by atoms with Crippen molar-refractivity contribution in [3.63, 3.8) is 0 Å². The third kappa shape index (κ3) is 8.54. The summed E-state index contributed by atoms with van der Waals surface area (Å²) >= 11 is 0. The molecule has 0 N–H and O–H groups in total. The van der Waals surface area contributed by atoms with E-state index in [1.807, 2.05) is 37.6 Å². The smallest absolute Gasteiger partial charge is 0.343 e. The summed E-state index contributed by atoms with van der Waals surface area (Å²) in [5.74, 6) is -0.719. The van der Waals surface area contributed by atoms with Crippen molar-refractivity contribution in [2.24, 2.45) is 0 Å². The lowest BCUT2D eigenvalue weighted by Crippen LogP contribution is -2.08. The maximum absolute atomic E-state index is 14.4. The van der Waals surface area contributed by atoms with Crippen LogP contribution >= 0.6 is 0 Å². The second-order valence-corrected chi connectivity index (χ2v) is 8.79. The van der Waals surface area contributed by atoms with Gasteiger partial charge in [-0.15, -0.1) is 0 Å². The van der Waals surface area contributed by atoms with Crippen molar-refractivity contribution in [1.29, 1.82) is 0 Å². The van der Waals surface area contributed by atoms with Gasteiger partial charge in [-0.2, -0.15) is 0 Å². The molecule has 3 nitrogen and oxygen atoms in total. The summed E-state index contributed by atoms with van der Waals surface area (Å²) in [6.07, 6.45) is 11.7. The Morgan fingerprint density at radius 2 is 1.40 bits per heavy atom. The Bertz CT molecular complexity index is 1040. The molecule has 185 valence electrons. The monoisotopic (exact) mass is 475 g/mol. The van der Waals surface area contributed by atoms with E-state index in [0.717, 1.165) is 29.5 Å². The maximum Gasteiger partial charge on any atom is 0.343 e. The molecule has 3 aromatic rings. The first kappa shape index (κ1) is 26.5.